The van der Waals surface area contributed by atoms with E-state index in [1.54, 1.807) is 30.0 Å². The molecular weight excluding hydrogens is 374 g/mol. The summed E-state index contributed by atoms with van der Waals surface area (Å²) in [6.07, 6.45) is 1.46. The van der Waals surface area contributed by atoms with E-state index < -0.39 is 0 Å². The van der Waals surface area contributed by atoms with Gasteiger partial charge in [0, 0.05) is 16.0 Å². The van der Waals surface area contributed by atoms with Gasteiger partial charge in [0.15, 0.2) is 11.5 Å². The fraction of sp³-hybridized carbons (Fsp3) is 0.222. The number of aromatic nitrogens is 2. The summed E-state index contributed by atoms with van der Waals surface area (Å²) in [7, 11) is 0. The molecule has 6 nitrogen and oxygen atoms in total. The number of rotatable bonds is 4. The number of hydrogen-bond donors (Lipinski definition) is 1. The van der Waals surface area contributed by atoms with Crippen LogP contribution in [0.1, 0.15) is 6.92 Å². The van der Waals surface area contributed by atoms with Crippen molar-refractivity contribution in [2.75, 3.05) is 24.4 Å². The van der Waals surface area contributed by atoms with Crippen LogP contribution in [0.3, 0.4) is 0 Å². The van der Waals surface area contributed by atoms with Gasteiger partial charge in [-0.25, -0.2) is 9.66 Å². The van der Waals surface area contributed by atoms with Crippen LogP contribution in [0, 0.1) is 0 Å². The molecule has 0 bridgehead atoms. The lowest BCUT2D eigenvalue weighted by Crippen LogP contribution is -2.27. The van der Waals surface area contributed by atoms with Crippen molar-refractivity contribution < 1.29 is 9.47 Å². The van der Waals surface area contributed by atoms with Gasteiger partial charge in [-0.15, -0.1) is 11.8 Å². The fourth-order valence-corrected chi connectivity index (χ4v) is 3.65. The molecule has 1 N–H and O–H groups in total. The molecule has 0 unspecified atom stereocenters. The summed E-state index contributed by atoms with van der Waals surface area (Å²) in [5.74, 6) is 2.08. The molecule has 0 atom stereocenters. The Kier molecular flexibility index (Phi) is 4.65. The number of fused-ring (bicyclic) bond motifs is 2. The summed E-state index contributed by atoms with van der Waals surface area (Å²) in [4.78, 5) is 18.3. The number of ether oxygens (including phenoxy) is 2. The Morgan fingerprint density at radius 1 is 1.23 bits per heavy atom. The second-order valence-corrected chi connectivity index (χ2v) is 7.36. The molecule has 0 saturated heterocycles. The maximum absolute atomic E-state index is 12.9. The van der Waals surface area contributed by atoms with Gasteiger partial charge in [0.25, 0.3) is 5.56 Å². The molecule has 2 heterocycles. The van der Waals surface area contributed by atoms with Crippen molar-refractivity contribution in [3.05, 3.63) is 52.0 Å². The maximum Gasteiger partial charge on any atom is 0.280 e. The Morgan fingerprint density at radius 2 is 2.00 bits per heavy atom. The second-order valence-electron chi connectivity index (χ2n) is 5.62. The van der Waals surface area contributed by atoms with Crippen LogP contribution in [0.25, 0.3) is 10.9 Å². The zero-order valence-electron chi connectivity index (χ0n) is 14.0. The van der Waals surface area contributed by atoms with Crippen molar-refractivity contribution in [3.63, 3.8) is 0 Å². The predicted octanol–water partition coefficient (Wildman–Crippen LogP) is 3.81. The molecule has 0 spiro atoms. The Hall–Kier alpha value is -2.38. The Labute approximate surface area is 159 Å². The van der Waals surface area contributed by atoms with Crippen molar-refractivity contribution in [1.29, 1.82) is 0 Å². The van der Waals surface area contributed by atoms with E-state index >= 15 is 0 Å². The molecule has 0 radical (unpaired) electrons. The first-order valence-corrected chi connectivity index (χ1v) is 9.52. The molecule has 1 aliphatic rings. The van der Waals surface area contributed by atoms with Gasteiger partial charge in [0.2, 0.25) is 0 Å². The number of nitrogens with zero attached hydrogens (tertiary/aromatic N) is 2. The van der Waals surface area contributed by atoms with Gasteiger partial charge in [0.05, 0.1) is 16.6 Å². The molecule has 3 aromatic rings. The first kappa shape index (κ1) is 17.1. The number of thioether (sulfide) groups is 1. The second kappa shape index (κ2) is 7.09. The predicted molar refractivity (Wildman–Crippen MR) is 104 cm³/mol. The highest BCUT2D eigenvalue weighted by Crippen LogP contribution is 2.33. The van der Waals surface area contributed by atoms with E-state index in [1.807, 2.05) is 12.1 Å². The summed E-state index contributed by atoms with van der Waals surface area (Å²) >= 11 is 7.78. The SMILES string of the molecule is CCSc1ccc(Cl)cc1Nn1cnc2cc3c(cc2c1=O)OCCO3. The zero-order valence-corrected chi connectivity index (χ0v) is 15.6. The third-order valence-corrected chi connectivity index (χ3v) is 5.10. The molecule has 1 aromatic heterocycles. The standard InChI is InChI=1S/C18H16ClN3O3S/c1-2-26-17-4-3-11(19)7-14(17)21-22-10-20-13-9-16-15(24-5-6-25-16)8-12(13)18(22)23/h3-4,7-10,21H,2,5-6H2,1H3. The summed E-state index contributed by atoms with van der Waals surface area (Å²) < 4.78 is 12.5. The van der Waals surface area contributed by atoms with Crippen LogP contribution < -0.4 is 20.5 Å². The van der Waals surface area contributed by atoms with Crippen LogP contribution in [0.5, 0.6) is 11.5 Å². The molecule has 8 heteroatoms. The first-order chi connectivity index (χ1) is 12.7. The van der Waals surface area contributed by atoms with E-state index in [0.29, 0.717) is 40.6 Å². The van der Waals surface area contributed by atoms with Crippen LogP contribution in [-0.2, 0) is 0 Å². The van der Waals surface area contributed by atoms with Crippen LogP contribution in [0.2, 0.25) is 5.02 Å². The molecule has 134 valence electrons. The third-order valence-electron chi connectivity index (χ3n) is 3.90. The summed E-state index contributed by atoms with van der Waals surface area (Å²) in [5, 5.41) is 1.05. The quantitative estimate of drug-likeness (QED) is 0.684. The van der Waals surface area contributed by atoms with Gasteiger partial charge in [-0.05, 0) is 30.0 Å². The lowest BCUT2D eigenvalue weighted by atomic mass is 10.2. The Morgan fingerprint density at radius 3 is 2.77 bits per heavy atom. The number of nitrogens with one attached hydrogen (secondary N) is 1. The lowest BCUT2D eigenvalue weighted by molar-refractivity contribution is 0.172. The van der Waals surface area contributed by atoms with E-state index in [2.05, 4.69) is 17.3 Å². The molecule has 2 aromatic carbocycles. The Balaban J connectivity index is 1.77. The van der Waals surface area contributed by atoms with Gasteiger partial charge in [-0.2, -0.15) is 0 Å². The molecule has 0 amide bonds. The highest BCUT2D eigenvalue weighted by atomic mass is 35.5. The normalized spacial score (nSPS) is 13.0. The Bertz CT molecular complexity index is 1040. The summed E-state index contributed by atoms with van der Waals surface area (Å²) in [6.45, 7) is 3.02. The van der Waals surface area contributed by atoms with E-state index in [-0.39, 0.29) is 5.56 Å². The molecule has 0 fully saturated rings. The highest BCUT2D eigenvalue weighted by Gasteiger charge is 2.16. The lowest BCUT2D eigenvalue weighted by Gasteiger charge is -2.19. The molecule has 0 aliphatic carbocycles. The van der Waals surface area contributed by atoms with E-state index in [4.69, 9.17) is 21.1 Å². The van der Waals surface area contributed by atoms with Crippen molar-refractivity contribution in [1.82, 2.24) is 9.66 Å². The van der Waals surface area contributed by atoms with Crippen LogP contribution in [0.15, 0.2) is 46.3 Å². The van der Waals surface area contributed by atoms with Gasteiger partial charge in [0.1, 0.15) is 19.5 Å². The molecular formula is C18H16ClN3O3S. The highest BCUT2D eigenvalue weighted by molar-refractivity contribution is 7.99. The first-order valence-electron chi connectivity index (χ1n) is 8.16. The summed E-state index contributed by atoms with van der Waals surface area (Å²) in [6, 6.07) is 8.96. The third kappa shape index (κ3) is 3.20. The fourth-order valence-electron chi connectivity index (χ4n) is 2.74. The molecule has 26 heavy (non-hydrogen) atoms. The van der Waals surface area contributed by atoms with Gasteiger partial charge in [-0.3, -0.25) is 10.2 Å². The van der Waals surface area contributed by atoms with Crippen molar-refractivity contribution in [3.8, 4) is 11.5 Å². The van der Waals surface area contributed by atoms with Crippen molar-refractivity contribution in [2.24, 2.45) is 0 Å². The van der Waals surface area contributed by atoms with Gasteiger partial charge in [-0.1, -0.05) is 18.5 Å². The largest absolute Gasteiger partial charge is 0.486 e. The molecule has 1 aliphatic heterocycles. The minimum absolute atomic E-state index is 0.223. The van der Waals surface area contributed by atoms with E-state index in [0.717, 1.165) is 16.3 Å². The van der Waals surface area contributed by atoms with Crippen LogP contribution >= 0.6 is 23.4 Å². The minimum atomic E-state index is -0.223. The minimum Gasteiger partial charge on any atom is -0.486 e. The number of anilines is 1. The monoisotopic (exact) mass is 389 g/mol. The average molecular weight is 390 g/mol. The van der Waals surface area contributed by atoms with Crippen LogP contribution in [0.4, 0.5) is 5.69 Å². The number of hydrogen-bond acceptors (Lipinski definition) is 6. The van der Waals surface area contributed by atoms with E-state index in [1.165, 1.54) is 11.0 Å². The van der Waals surface area contributed by atoms with E-state index in [9.17, 15) is 4.79 Å². The van der Waals surface area contributed by atoms with Gasteiger partial charge < -0.3 is 9.47 Å². The summed E-state index contributed by atoms with van der Waals surface area (Å²) in [5.41, 5.74) is 4.20. The van der Waals surface area contributed by atoms with Gasteiger partial charge >= 0.3 is 0 Å². The molecule has 4 rings (SSSR count). The zero-order chi connectivity index (χ0) is 18.1. The molecule has 0 saturated carbocycles. The number of benzene rings is 2. The average Bonchev–Trinajstić information content (AvgIpc) is 2.65. The topological polar surface area (TPSA) is 65.4 Å². The van der Waals surface area contributed by atoms with Crippen molar-refractivity contribution in [2.45, 2.75) is 11.8 Å². The maximum atomic E-state index is 12.9. The van der Waals surface area contributed by atoms with Crippen LogP contribution in [-0.4, -0.2) is 28.6 Å². The number of halogens is 1. The van der Waals surface area contributed by atoms with Crippen molar-refractivity contribution >= 4 is 40.0 Å². The smallest absolute Gasteiger partial charge is 0.280 e.